The molecule has 1 amide bonds. The summed E-state index contributed by atoms with van der Waals surface area (Å²) in [6.07, 6.45) is 1.62. The minimum absolute atomic E-state index is 0.0696. The van der Waals surface area contributed by atoms with Crippen molar-refractivity contribution < 1.29 is 9.21 Å². The molecule has 0 spiro atoms. The van der Waals surface area contributed by atoms with E-state index in [1.807, 2.05) is 46.1 Å². The largest absolute Gasteiger partial charge is 0.423 e. The van der Waals surface area contributed by atoms with Crippen LogP contribution in [0, 0.1) is 13.8 Å². The zero-order valence-corrected chi connectivity index (χ0v) is 19.1. The number of fused-ring (bicyclic) bond motifs is 1. The van der Waals surface area contributed by atoms with E-state index in [2.05, 4.69) is 41.4 Å². The maximum Gasteiger partial charge on any atom is 0.339 e. The van der Waals surface area contributed by atoms with Crippen molar-refractivity contribution in [1.29, 1.82) is 0 Å². The molecule has 1 N–H and O–H groups in total. The Hall–Kier alpha value is -2.92. The van der Waals surface area contributed by atoms with Gasteiger partial charge in [0.15, 0.2) is 0 Å². The van der Waals surface area contributed by atoms with Crippen LogP contribution >= 0.6 is 0 Å². The van der Waals surface area contributed by atoms with Crippen molar-refractivity contribution in [3.63, 3.8) is 0 Å². The number of hydrogen-bond acceptors (Lipinski definition) is 4. The molecule has 2 aromatic carbocycles. The van der Waals surface area contributed by atoms with Gasteiger partial charge in [-0.05, 0) is 69.1 Å². The van der Waals surface area contributed by atoms with Gasteiger partial charge in [0.2, 0.25) is 5.91 Å². The molecule has 0 fully saturated rings. The molecule has 0 unspecified atom stereocenters. The Morgan fingerprint density at radius 3 is 2.45 bits per heavy atom. The second-order valence-electron chi connectivity index (χ2n) is 8.37. The van der Waals surface area contributed by atoms with Gasteiger partial charge in [0.25, 0.3) is 0 Å². The normalized spacial score (nSPS) is 12.3. The number of carbonyl (C=O) groups excluding carboxylic acids is 1. The van der Waals surface area contributed by atoms with Crippen LogP contribution in [0.25, 0.3) is 11.0 Å². The Morgan fingerprint density at radius 2 is 1.81 bits per heavy atom. The SMILES string of the molecule is CCc1ccc([C@H](CNC(=O)CCc2c(C)c3ccc(C)cc3oc2=O)N(C)C)cc1. The van der Waals surface area contributed by atoms with Gasteiger partial charge in [0.1, 0.15) is 5.58 Å². The van der Waals surface area contributed by atoms with Crippen LogP contribution in [-0.4, -0.2) is 31.4 Å². The van der Waals surface area contributed by atoms with Crippen LogP contribution < -0.4 is 10.9 Å². The summed E-state index contributed by atoms with van der Waals surface area (Å²) in [5.74, 6) is -0.0696. The molecule has 1 atom stereocenters. The third-order valence-corrected chi connectivity index (χ3v) is 5.93. The molecule has 31 heavy (non-hydrogen) atoms. The second-order valence-corrected chi connectivity index (χ2v) is 8.37. The Morgan fingerprint density at radius 1 is 1.10 bits per heavy atom. The third-order valence-electron chi connectivity index (χ3n) is 5.93. The van der Waals surface area contributed by atoms with Gasteiger partial charge in [-0.1, -0.05) is 43.3 Å². The summed E-state index contributed by atoms with van der Waals surface area (Å²) in [4.78, 5) is 27.1. The van der Waals surface area contributed by atoms with Gasteiger partial charge < -0.3 is 14.6 Å². The summed E-state index contributed by atoms with van der Waals surface area (Å²) in [6.45, 7) is 6.54. The van der Waals surface area contributed by atoms with E-state index in [1.54, 1.807) is 0 Å². The van der Waals surface area contributed by atoms with E-state index in [0.29, 0.717) is 24.1 Å². The van der Waals surface area contributed by atoms with E-state index in [-0.39, 0.29) is 24.0 Å². The lowest BCUT2D eigenvalue weighted by Gasteiger charge is -2.25. The lowest BCUT2D eigenvalue weighted by atomic mass is 10.0. The molecule has 0 saturated carbocycles. The monoisotopic (exact) mass is 420 g/mol. The third kappa shape index (κ3) is 5.42. The van der Waals surface area contributed by atoms with Crippen molar-refractivity contribution in [1.82, 2.24) is 10.2 Å². The summed E-state index contributed by atoms with van der Waals surface area (Å²) in [5.41, 5.74) is 5.21. The molecule has 0 aliphatic rings. The van der Waals surface area contributed by atoms with Crippen LogP contribution in [0.3, 0.4) is 0 Å². The fourth-order valence-corrected chi connectivity index (χ4v) is 3.90. The highest BCUT2D eigenvalue weighted by molar-refractivity contribution is 5.82. The minimum Gasteiger partial charge on any atom is -0.423 e. The molecule has 1 aromatic heterocycles. The molecule has 164 valence electrons. The van der Waals surface area contributed by atoms with E-state index < -0.39 is 0 Å². The molecule has 0 bridgehead atoms. The first kappa shape index (κ1) is 22.8. The van der Waals surface area contributed by atoms with Crippen molar-refractivity contribution in [3.05, 3.63) is 80.7 Å². The van der Waals surface area contributed by atoms with Gasteiger partial charge in [-0.2, -0.15) is 0 Å². The van der Waals surface area contributed by atoms with Gasteiger partial charge in [-0.3, -0.25) is 4.79 Å². The fourth-order valence-electron chi connectivity index (χ4n) is 3.90. The maximum absolute atomic E-state index is 12.5. The Bertz CT molecular complexity index is 1110. The number of nitrogens with zero attached hydrogens (tertiary/aromatic N) is 1. The number of aryl methyl sites for hydroxylation is 3. The molecule has 3 rings (SSSR count). The molecule has 0 aliphatic heterocycles. The number of benzene rings is 2. The number of amides is 1. The van der Waals surface area contributed by atoms with E-state index in [1.165, 1.54) is 11.1 Å². The standard InChI is InChI=1S/C26H32N2O3/c1-6-19-8-10-20(11-9-19)23(28(4)5)16-27-25(29)14-13-22-18(3)21-12-7-17(2)15-24(21)31-26(22)30/h7-12,15,23H,6,13-14,16H2,1-5H3,(H,27,29)/t23-/m0/s1. The first-order chi connectivity index (χ1) is 14.8. The van der Waals surface area contributed by atoms with E-state index in [9.17, 15) is 9.59 Å². The minimum atomic E-state index is -0.356. The summed E-state index contributed by atoms with van der Waals surface area (Å²) in [5, 5.41) is 3.95. The number of rotatable bonds is 8. The Labute approximate surface area is 184 Å². The van der Waals surface area contributed by atoms with Gasteiger partial charge in [-0.25, -0.2) is 4.79 Å². The van der Waals surface area contributed by atoms with Crippen LogP contribution in [0.1, 0.15) is 47.2 Å². The fraction of sp³-hybridized carbons (Fsp3) is 0.385. The van der Waals surface area contributed by atoms with Gasteiger partial charge in [0.05, 0.1) is 6.04 Å². The summed E-state index contributed by atoms with van der Waals surface area (Å²) in [7, 11) is 4.02. The number of nitrogens with one attached hydrogen (secondary N) is 1. The maximum atomic E-state index is 12.5. The Kier molecular flexibility index (Phi) is 7.29. The van der Waals surface area contributed by atoms with Crippen LogP contribution in [0.5, 0.6) is 0 Å². The van der Waals surface area contributed by atoms with E-state index in [0.717, 1.165) is 22.9 Å². The van der Waals surface area contributed by atoms with E-state index in [4.69, 9.17) is 4.42 Å². The zero-order chi connectivity index (χ0) is 22.5. The molecule has 1 heterocycles. The van der Waals surface area contributed by atoms with Crippen LogP contribution in [-0.2, 0) is 17.6 Å². The quantitative estimate of drug-likeness (QED) is 0.551. The van der Waals surface area contributed by atoms with Crippen molar-refractivity contribution in [3.8, 4) is 0 Å². The summed E-state index contributed by atoms with van der Waals surface area (Å²) in [6, 6.07) is 14.5. The molecular weight excluding hydrogens is 388 g/mol. The predicted octanol–water partition coefficient (Wildman–Crippen LogP) is 4.32. The lowest BCUT2D eigenvalue weighted by molar-refractivity contribution is -0.121. The molecule has 0 radical (unpaired) electrons. The van der Waals surface area contributed by atoms with Crippen LogP contribution in [0.15, 0.2) is 51.7 Å². The number of likely N-dealkylation sites (N-methyl/N-ethyl adjacent to an activating group) is 1. The highest BCUT2D eigenvalue weighted by Gasteiger charge is 2.17. The predicted molar refractivity (Wildman–Crippen MR) is 126 cm³/mol. The Balaban J connectivity index is 1.65. The topological polar surface area (TPSA) is 62.6 Å². The summed E-state index contributed by atoms with van der Waals surface area (Å²) < 4.78 is 5.50. The van der Waals surface area contributed by atoms with Crippen LogP contribution in [0.4, 0.5) is 0 Å². The van der Waals surface area contributed by atoms with Crippen molar-refractivity contribution in [2.45, 2.75) is 46.1 Å². The van der Waals surface area contributed by atoms with Gasteiger partial charge in [-0.15, -0.1) is 0 Å². The number of carbonyl (C=O) groups is 1. The molecule has 3 aromatic rings. The van der Waals surface area contributed by atoms with Crippen LogP contribution in [0.2, 0.25) is 0 Å². The first-order valence-electron chi connectivity index (χ1n) is 10.8. The van der Waals surface area contributed by atoms with Gasteiger partial charge >= 0.3 is 5.63 Å². The van der Waals surface area contributed by atoms with E-state index >= 15 is 0 Å². The molecule has 5 heteroatoms. The molecular formula is C26H32N2O3. The van der Waals surface area contributed by atoms with Crippen molar-refractivity contribution in [2.24, 2.45) is 0 Å². The zero-order valence-electron chi connectivity index (χ0n) is 19.1. The summed E-state index contributed by atoms with van der Waals surface area (Å²) >= 11 is 0. The second kappa shape index (κ2) is 9.92. The molecule has 0 aliphatic carbocycles. The van der Waals surface area contributed by atoms with Crippen molar-refractivity contribution in [2.75, 3.05) is 20.6 Å². The van der Waals surface area contributed by atoms with Crippen molar-refractivity contribution >= 4 is 16.9 Å². The average Bonchev–Trinajstić information content (AvgIpc) is 2.73. The lowest BCUT2D eigenvalue weighted by Crippen LogP contribution is -2.34. The highest BCUT2D eigenvalue weighted by atomic mass is 16.4. The highest BCUT2D eigenvalue weighted by Crippen LogP contribution is 2.22. The molecule has 0 saturated heterocycles. The first-order valence-corrected chi connectivity index (χ1v) is 10.8. The van der Waals surface area contributed by atoms with Gasteiger partial charge in [0, 0.05) is 23.9 Å². The number of hydrogen-bond donors (Lipinski definition) is 1. The smallest absolute Gasteiger partial charge is 0.339 e. The average molecular weight is 421 g/mol. The molecule has 5 nitrogen and oxygen atoms in total.